The molecule has 20 heavy (non-hydrogen) atoms. The van der Waals surface area contributed by atoms with Gasteiger partial charge in [0.05, 0.1) is 0 Å². The van der Waals surface area contributed by atoms with Gasteiger partial charge in [0.15, 0.2) is 0 Å². The highest BCUT2D eigenvalue weighted by molar-refractivity contribution is 5.78. The number of nitrogens with one attached hydrogen (secondary N) is 2. The number of amides is 1. The number of nitrogens with zero attached hydrogens (tertiary/aromatic N) is 1. The van der Waals surface area contributed by atoms with E-state index in [1.54, 1.807) is 0 Å². The molecule has 0 aromatic heterocycles. The van der Waals surface area contributed by atoms with E-state index in [1.165, 1.54) is 32.1 Å². The van der Waals surface area contributed by atoms with E-state index in [2.05, 4.69) is 15.5 Å². The van der Waals surface area contributed by atoms with Crippen LogP contribution in [-0.4, -0.2) is 50.1 Å². The minimum Gasteiger partial charge on any atom is -0.356 e. The summed E-state index contributed by atoms with van der Waals surface area (Å²) < 4.78 is 0. The van der Waals surface area contributed by atoms with Gasteiger partial charge in [0.2, 0.25) is 5.91 Å². The molecule has 2 rings (SSSR count). The van der Waals surface area contributed by atoms with Crippen LogP contribution >= 0.6 is 0 Å². The highest BCUT2D eigenvalue weighted by atomic mass is 16.1. The van der Waals surface area contributed by atoms with Crippen molar-refractivity contribution >= 4 is 5.91 Å². The Labute approximate surface area is 123 Å². The summed E-state index contributed by atoms with van der Waals surface area (Å²) in [6.45, 7) is 6.47. The molecule has 4 heteroatoms. The second-order valence-electron chi connectivity index (χ2n) is 6.28. The normalized spacial score (nSPS) is 23.0. The molecule has 116 valence electrons. The monoisotopic (exact) mass is 281 g/mol. The molecule has 4 nitrogen and oxygen atoms in total. The lowest BCUT2D eigenvalue weighted by molar-refractivity contribution is -0.125. The summed E-state index contributed by atoms with van der Waals surface area (Å²) >= 11 is 0. The summed E-state index contributed by atoms with van der Waals surface area (Å²) in [5.41, 5.74) is 0. The largest absolute Gasteiger partial charge is 0.356 e. The van der Waals surface area contributed by atoms with E-state index in [9.17, 15) is 4.79 Å². The number of carbonyl (C=O) groups excluding carboxylic acids is 1. The minimum absolute atomic E-state index is 0.287. The molecule has 0 aromatic rings. The van der Waals surface area contributed by atoms with E-state index >= 15 is 0 Å². The van der Waals surface area contributed by atoms with Gasteiger partial charge >= 0.3 is 0 Å². The van der Waals surface area contributed by atoms with Gasteiger partial charge in [-0.3, -0.25) is 4.79 Å². The summed E-state index contributed by atoms with van der Waals surface area (Å²) in [4.78, 5) is 14.7. The lowest BCUT2D eigenvalue weighted by atomic mass is 9.90. The molecule has 2 aliphatic rings. The molecule has 0 unspecified atom stereocenters. The predicted molar refractivity (Wildman–Crippen MR) is 82.7 cm³/mol. The number of hydrogen-bond acceptors (Lipinski definition) is 3. The van der Waals surface area contributed by atoms with Crippen LogP contribution in [0.15, 0.2) is 0 Å². The Morgan fingerprint density at radius 3 is 2.40 bits per heavy atom. The average molecular weight is 281 g/mol. The molecule has 2 fully saturated rings. The van der Waals surface area contributed by atoms with Crippen molar-refractivity contribution in [2.75, 3.05) is 39.3 Å². The van der Waals surface area contributed by atoms with Crippen LogP contribution in [-0.2, 0) is 4.79 Å². The summed E-state index contributed by atoms with van der Waals surface area (Å²) in [6, 6.07) is 0. The summed E-state index contributed by atoms with van der Waals surface area (Å²) in [5, 5.41) is 6.52. The predicted octanol–water partition coefficient (Wildman–Crippen LogP) is 1.76. The van der Waals surface area contributed by atoms with Crippen molar-refractivity contribution in [3.05, 3.63) is 0 Å². The summed E-state index contributed by atoms with van der Waals surface area (Å²) in [5.74, 6) is 0.599. The molecule has 1 heterocycles. The van der Waals surface area contributed by atoms with E-state index in [-0.39, 0.29) is 5.92 Å². The maximum absolute atomic E-state index is 12.2. The Kier molecular flexibility index (Phi) is 7.37. The van der Waals surface area contributed by atoms with Gasteiger partial charge in [0.25, 0.3) is 0 Å². The van der Waals surface area contributed by atoms with E-state index < -0.39 is 0 Å². The number of rotatable bonds is 5. The standard InChI is InChI=1S/C16H31N3O/c20-16(15-7-4-2-1-3-5-8-15)18-9-6-12-19-13-10-17-11-14-19/h15,17H,1-14H2,(H,18,20). The molecule has 0 spiro atoms. The topological polar surface area (TPSA) is 44.4 Å². The van der Waals surface area contributed by atoms with Crippen LogP contribution in [0.25, 0.3) is 0 Å². The first-order chi connectivity index (χ1) is 9.86. The maximum Gasteiger partial charge on any atom is 0.223 e. The zero-order valence-electron chi connectivity index (χ0n) is 12.8. The van der Waals surface area contributed by atoms with E-state index in [0.717, 1.165) is 58.5 Å². The third-order valence-electron chi connectivity index (χ3n) is 4.64. The molecule has 1 saturated carbocycles. The molecule has 0 atom stereocenters. The SMILES string of the molecule is O=C(NCCCN1CCNCC1)C1CCCCCCC1. The van der Waals surface area contributed by atoms with Gasteiger partial charge in [-0.1, -0.05) is 32.1 Å². The molecule has 1 saturated heterocycles. The third kappa shape index (κ3) is 5.80. The van der Waals surface area contributed by atoms with E-state index in [1.807, 2.05) is 0 Å². The molecule has 1 aliphatic carbocycles. The van der Waals surface area contributed by atoms with Crippen LogP contribution in [0.5, 0.6) is 0 Å². The van der Waals surface area contributed by atoms with E-state index in [4.69, 9.17) is 0 Å². The summed E-state index contributed by atoms with van der Waals surface area (Å²) in [7, 11) is 0. The van der Waals surface area contributed by atoms with Crippen molar-refractivity contribution in [1.29, 1.82) is 0 Å². The van der Waals surface area contributed by atoms with Crippen molar-refractivity contribution in [2.24, 2.45) is 5.92 Å². The van der Waals surface area contributed by atoms with Crippen molar-refractivity contribution < 1.29 is 4.79 Å². The molecule has 1 amide bonds. The minimum atomic E-state index is 0.287. The van der Waals surface area contributed by atoms with Crippen LogP contribution in [0.3, 0.4) is 0 Å². The Bertz CT molecular complexity index is 269. The highest BCUT2D eigenvalue weighted by Gasteiger charge is 2.18. The van der Waals surface area contributed by atoms with Gasteiger partial charge in [0.1, 0.15) is 0 Å². The van der Waals surface area contributed by atoms with E-state index in [0.29, 0.717) is 5.91 Å². The van der Waals surface area contributed by atoms with Crippen molar-refractivity contribution in [2.45, 2.75) is 51.4 Å². The zero-order valence-corrected chi connectivity index (χ0v) is 12.8. The Hall–Kier alpha value is -0.610. The van der Waals surface area contributed by atoms with Crippen LogP contribution in [0.2, 0.25) is 0 Å². The average Bonchev–Trinajstić information content (AvgIpc) is 2.44. The fourth-order valence-corrected chi connectivity index (χ4v) is 3.31. The first-order valence-corrected chi connectivity index (χ1v) is 8.57. The second kappa shape index (κ2) is 9.35. The smallest absolute Gasteiger partial charge is 0.223 e. The fraction of sp³-hybridized carbons (Fsp3) is 0.938. The Morgan fingerprint density at radius 1 is 1.05 bits per heavy atom. The third-order valence-corrected chi connectivity index (χ3v) is 4.64. The van der Waals surface area contributed by atoms with Crippen LogP contribution in [0, 0.1) is 5.92 Å². The van der Waals surface area contributed by atoms with Gasteiger partial charge in [-0.15, -0.1) is 0 Å². The first kappa shape index (κ1) is 15.8. The fourth-order valence-electron chi connectivity index (χ4n) is 3.31. The molecule has 0 radical (unpaired) electrons. The molecule has 2 N–H and O–H groups in total. The molecule has 0 bridgehead atoms. The zero-order chi connectivity index (χ0) is 14.0. The molecule has 1 aliphatic heterocycles. The number of carbonyl (C=O) groups is 1. The second-order valence-corrected chi connectivity index (χ2v) is 6.28. The lowest BCUT2D eigenvalue weighted by Crippen LogP contribution is -2.44. The van der Waals surface area contributed by atoms with Gasteiger partial charge < -0.3 is 15.5 Å². The van der Waals surface area contributed by atoms with Crippen molar-refractivity contribution in [3.63, 3.8) is 0 Å². The molecule has 0 aromatic carbocycles. The van der Waals surface area contributed by atoms with Gasteiger partial charge in [-0.05, 0) is 25.8 Å². The maximum atomic E-state index is 12.2. The molecular weight excluding hydrogens is 250 g/mol. The quantitative estimate of drug-likeness (QED) is 0.755. The Morgan fingerprint density at radius 2 is 1.70 bits per heavy atom. The van der Waals surface area contributed by atoms with Crippen LogP contribution < -0.4 is 10.6 Å². The number of hydrogen-bond donors (Lipinski definition) is 2. The van der Waals surface area contributed by atoms with Gasteiger partial charge in [0, 0.05) is 38.6 Å². The first-order valence-electron chi connectivity index (χ1n) is 8.57. The highest BCUT2D eigenvalue weighted by Crippen LogP contribution is 2.22. The summed E-state index contributed by atoms with van der Waals surface area (Å²) in [6.07, 6.45) is 9.74. The van der Waals surface area contributed by atoms with Crippen molar-refractivity contribution in [3.8, 4) is 0 Å². The van der Waals surface area contributed by atoms with Crippen LogP contribution in [0.1, 0.15) is 51.4 Å². The van der Waals surface area contributed by atoms with Crippen LogP contribution in [0.4, 0.5) is 0 Å². The Balaban J connectivity index is 1.56. The van der Waals surface area contributed by atoms with Gasteiger partial charge in [-0.25, -0.2) is 0 Å². The molecular formula is C16H31N3O. The van der Waals surface area contributed by atoms with Gasteiger partial charge in [-0.2, -0.15) is 0 Å². The van der Waals surface area contributed by atoms with Crippen molar-refractivity contribution in [1.82, 2.24) is 15.5 Å². The lowest BCUT2D eigenvalue weighted by Gasteiger charge is -2.27. The number of piperazine rings is 1.